The number of nitro groups is 1. The van der Waals surface area contributed by atoms with Crippen LogP contribution in [0.5, 0.6) is 5.75 Å². The third kappa shape index (κ3) is 4.01. The van der Waals surface area contributed by atoms with Crippen molar-refractivity contribution in [3.05, 3.63) is 33.9 Å². The minimum absolute atomic E-state index is 0.0355. The molecule has 0 bridgehead atoms. The van der Waals surface area contributed by atoms with Crippen LogP contribution in [0.3, 0.4) is 0 Å². The summed E-state index contributed by atoms with van der Waals surface area (Å²) in [6.07, 6.45) is 0. The highest BCUT2D eigenvalue weighted by Gasteiger charge is 2.15. The Labute approximate surface area is 100 Å². The van der Waals surface area contributed by atoms with Gasteiger partial charge in [-0.25, -0.2) is 0 Å². The van der Waals surface area contributed by atoms with Crippen molar-refractivity contribution in [3.63, 3.8) is 0 Å². The summed E-state index contributed by atoms with van der Waals surface area (Å²) in [5, 5.41) is 10.9. The standard InChI is InChI=1S/C11H17N3O3/c1-13(2)5-6-17-11-4-3-9(8-12)7-10(11)14(15)16/h3-4,7H,5-6,8,12H2,1-2H3. The van der Waals surface area contributed by atoms with Crippen LogP contribution in [-0.2, 0) is 6.54 Å². The Balaban J connectivity index is 2.80. The van der Waals surface area contributed by atoms with E-state index in [1.807, 2.05) is 19.0 Å². The average molecular weight is 239 g/mol. The van der Waals surface area contributed by atoms with Crippen LogP contribution in [0.15, 0.2) is 18.2 Å². The van der Waals surface area contributed by atoms with Gasteiger partial charge in [-0.05, 0) is 25.7 Å². The zero-order valence-electron chi connectivity index (χ0n) is 10.0. The van der Waals surface area contributed by atoms with Crippen LogP contribution in [0.2, 0.25) is 0 Å². The molecule has 0 fully saturated rings. The van der Waals surface area contributed by atoms with Crippen LogP contribution >= 0.6 is 0 Å². The van der Waals surface area contributed by atoms with Crippen LogP contribution in [0, 0.1) is 10.1 Å². The zero-order chi connectivity index (χ0) is 12.8. The first-order valence-electron chi connectivity index (χ1n) is 5.29. The Hall–Kier alpha value is -1.66. The summed E-state index contributed by atoms with van der Waals surface area (Å²) in [4.78, 5) is 12.4. The molecular formula is C11H17N3O3. The molecule has 0 amide bonds. The molecule has 17 heavy (non-hydrogen) atoms. The molecule has 0 atom stereocenters. The molecule has 6 nitrogen and oxygen atoms in total. The van der Waals surface area contributed by atoms with Gasteiger partial charge >= 0.3 is 5.69 Å². The summed E-state index contributed by atoms with van der Waals surface area (Å²) < 4.78 is 5.38. The number of rotatable bonds is 6. The van der Waals surface area contributed by atoms with Gasteiger partial charge < -0.3 is 15.4 Å². The fourth-order valence-electron chi connectivity index (χ4n) is 1.29. The highest BCUT2D eigenvalue weighted by atomic mass is 16.6. The maximum absolute atomic E-state index is 10.9. The lowest BCUT2D eigenvalue weighted by Crippen LogP contribution is -2.19. The van der Waals surface area contributed by atoms with Crippen LogP contribution in [0.4, 0.5) is 5.69 Å². The van der Waals surface area contributed by atoms with E-state index in [1.54, 1.807) is 12.1 Å². The van der Waals surface area contributed by atoms with Crippen molar-refractivity contribution in [2.24, 2.45) is 5.73 Å². The van der Waals surface area contributed by atoms with Crippen molar-refractivity contribution in [1.29, 1.82) is 0 Å². The fourth-order valence-corrected chi connectivity index (χ4v) is 1.29. The smallest absolute Gasteiger partial charge is 0.311 e. The number of nitrogens with two attached hydrogens (primary N) is 1. The first-order chi connectivity index (χ1) is 8.04. The third-order valence-electron chi connectivity index (χ3n) is 2.25. The highest BCUT2D eigenvalue weighted by Crippen LogP contribution is 2.27. The number of hydrogen-bond acceptors (Lipinski definition) is 5. The number of likely N-dealkylation sites (N-methyl/N-ethyl adjacent to an activating group) is 1. The van der Waals surface area contributed by atoms with Crippen LogP contribution in [-0.4, -0.2) is 37.1 Å². The molecule has 94 valence electrons. The fraction of sp³-hybridized carbons (Fsp3) is 0.455. The summed E-state index contributed by atoms with van der Waals surface area (Å²) in [6.45, 7) is 1.39. The van der Waals surface area contributed by atoms with E-state index in [2.05, 4.69) is 0 Å². The van der Waals surface area contributed by atoms with Gasteiger partial charge in [-0.15, -0.1) is 0 Å². The van der Waals surface area contributed by atoms with Gasteiger partial charge in [0.25, 0.3) is 0 Å². The maximum atomic E-state index is 10.9. The molecule has 1 aromatic carbocycles. The van der Waals surface area contributed by atoms with Crippen molar-refractivity contribution in [3.8, 4) is 5.75 Å². The predicted octanol–water partition coefficient (Wildman–Crippen LogP) is 0.994. The molecule has 0 aliphatic heterocycles. The first-order valence-corrected chi connectivity index (χ1v) is 5.29. The molecule has 0 saturated carbocycles. The summed E-state index contributed by atoms with van der Waals surface area (Å²) >= 11 is 0. The van der Waals surface area contributed by atoms with E-state index in [-0.39, 0.29) is 18.0 Å². The van der Waals surface area contributed by atoms with E-state index in [4.69, 9.17) is 10.5 Å². The Kier molecular flexibility index (Phi) is 4.86. The van der Waals surface area contributed by atoms with Crippen molar-refractivity contribution < 1.29 is 9.66 Å². The molecule has 0 spiro atoms. The van der Waals surface area contributed by atoms with Gasteiger partial charge in [-0.1, -0.05) is 6.07 Å². The molecule has 0 aliphatic rings. The van der Waals surface area contributed by atoms with E-state index in [9.17, 15) is 10.1 Å². The maximum Gasteiger partial charge on any atom is 0.311 e. The molecular weight excluding hydrogens is 222 g/mol. The second-order valence-corrected chi connectivity index (χ2v) is 3.92. The van der Waals surface area contributed by atoms with Gasteiger partial charge in [0.1, 0.15) is 6.61 Å². The Bertz CT molecular complexity index is 394. The number of nitrogens with zero attached hydrogens (tertiary/aromatic N) is 2. The monoisotopic (exact) mass is 239 g/mol. The average Bonchev–Trinajstić information content (AvgIpc) is 2.28. The SMILES string of the molecule is CN(C)CCOc1ccc(CN)cc1[N+](=O)[O-]. The molecule has 0 aromatic heterocycles. The quantitative estimate of drug-likeness (QED) is 0.591. The van der Waals surface area contributed by atoms with Crippen LogP contribution < -0.4 is 10.5 Å². The van der Waals surface area contributed by atoms with Gasteiger partial charge in [0.2, 0.25) is 0 Å². The zero-order valence-corrected chi connectivity index (χ0v) is 10.0. The third-order valence-corrected chi connectivity index (χ3v) is 2.25. The Morgan fingerprint density at radius 1 is 1.47 bits per heavy atom. The lowest BCUT2D eigenvalue weighted by Gasteiger charge is -2.11. The van der Waals surface area contributed by atoms with Crippen LogP contribution in [0.1, 0.15) is 5.56 Å². The molecule has 2 N–H and O–H groups in total. The lowest BCUT2D eigenvalue weighted by atomic mass is 10.2. The van der Waals surface area contributed by atoms with E-state index in [1.165, 1.54) is 6.07 Å². The summed E-state index contributed by atoms with van der Waals surface area (Å²) in [5.74, 6) is 0.286. The highest BCUT2D eigenvalue weighted by molar-refractivity contribution is 5.48. The normalized spacial score (nSPS) is 10.6. The van der Waals surface area contributed by atoms with Crippen molar-refractivity contribution in [2.75, 3.05) is 27.2 Å². The lowest BCUT2D eigenvalue weighted by molar-refractivity contribution is -0.385. The molecule has 1 rings (SSSR count). The van der Waals surface area contributed by atoms with E-state index in [0.717, 1.165) is 5.56 Å². The Morgan fingerprint density at radius 3 is 2.71 bits per heavy atom. The molecule has 0 aliphatic carbocycles. The van der Waals surface area contributed by atoms with Gasteiger partial charge in [0.15, 0.2) is 5.75 Å². The van der Waals surface area contributed by atoms with Gasteiger partial charge in [-0.3, -0.25) is 10.1 Å². The minimum atomic E-state index is -0.454. The second kappa shape index (κ2) is 6.17. The van der Waals surface area contributed by atoms with Gasteiger partial charge in [-0.2, -0.15) is 0 Å². The minimum Gasteiger partial charge on any atom is -0.485 e. The van der Waals surface area contributed by atoms with Gasteiger partial charge in [0.05, 0.1) is 4.92 Å². The molecule has 1 aromatic rings. The number of nitro benzene ring substituents is 1. The summed E-state index contributed by atoms with van der Waals surface area (Å²) in [6, 6.07) is 4.78. The first kappa shape index (κ1) is 13.4. The molecule has 0 unspecified atom stereocenters. The number of ether oxygens (including phenoxy) is 1. The van der Waals surface area contributed by atoms with E-state index in [0.29, 0.717) is 13.2 Å². The van der Waals surface area contributed by atoms with Crippen molar-refractivity contribution >= 4 is 5.69 Å². The van der Waals surface area contributed by atoms with E-state index >= 15 is 0 Å². The summed E-state index contributed by atoms with van der Waals surface area (Å²) in [5.41, 5.74) is 6.12. The second-order valence-electron chi connectivity index (χ2n) is 3.92. The number of hydrogen-bond donors (Lipinski definition) is 1. The summed E-state index contributed by atoms with van der Waals surface area (Å²) in [7, 11) is 3.82. The molecule has 6 heteroatoms. The Morgan fingerprint density at radius 2 is 2.18 bits per heavy atom. The van der Waals surface area contributed by atoms with Crippen LogP contribution in [0.25, 0.3) is 0 Å². The predicted molar refractivity (Wildman–Crippen MR) is 65.0 cm³/mol. The van der Waals surface area contributed by atoms with E-state index < -0.39 is 4.92 Å². The molecule has 0 heterocycles. The van der Waals surface area contributed by atoms with Gasteiger partial charge in [0, 0.05) is 19.2 Å². The molecule has 0 saturated heterocycles. The topological polar surface area (TPSA) is 81.6 Å². The van der Waals surface area contributed by atoms with Crippen molar-refractivity contribution in [1.82, 2.24) is 4.90 Å². The van der Waals surface area contributed by atoms with Crippen molar-refractivity contribution in [2.45, 2.75) is 6.54 Å². The largest absolute Gasteiger partial charge is 0.485 e. The number of benzene rings is 1. The molecule has 0 radical (unpaired) electrons.